The lowest BCUT2D eigenvalue weighted by Gasteiger charge is -2.18. The summed E-state index contributed by atoms with van der Waals surface area (Å²) in [6, 6.07) is 11.3. The van der Waals surface area contributed by atoms with E-state index >= 15 is 0 Å². The Hall–Kier alpha value is -3.45. The number of carbonyl (C=O) groups is 4. The lowest BCUT2D eigenvalue weighted by molar-refractivity contribution is -0.123. The van der Waals surface area contributed by atoms with Gasteiger partial charge in [-0.2, -0.15) is 0 Å². The number of ether oxygens (including phenoxy) is 1. The van der Waals surface area contributed by atoms with Crippen molar-refractivity contribution in [3.63, 3.8) is 0 Å². The molecule has 3 aliphatic rings. The number of anilines is 2. The Kier molecular flexibility index (Phi) is 5.29. The molecule has 5 rings (SSSR count). The minimum atomic E-state index is -0.726. The first kappa shape index (κ1) is 21.4. The van der Waals surface area contributed by atoms with Crippen LogP contribution in [0.25, 0.3) is 0 Å². The SMILES string of the molecule is Cc1c(Cl)cccc1NC(=O)COC(=O)c1cccc(N2C(=O)[C@H]3[C@H](C2=O)[C@H]2C=C[C@H]3C2)c1. The maximum Gasteiger partial charge on any atom is 0.338 e. The highest BCUT2D eigenvalue weighted by molar-refractivity contribution is 6.31. The minimum Gasteiger partial charge on any atom is -0.452 e. The van der Waals surface area contributed by atoms with E-state index in [9.17, 15) is 19.2 Å². The Morgan fingerprint density at radius 3 is 2.42 bits per heavy atom. The lowest BCUT2D eigenvalue weighted by atomic mass is 9.85. The van der Waals surface area contributed by atoms with Crippen LogP contribution in [0.5, 0.6) is 0 Å². The number of rotatable bonds is 5. The fourth-order valence-corrected chi connectivity index (χ4v) is 5.25. The number of carbonyl (C=O) groups excluding carboxylic acids is 4. The summed E-state index contributed by atoms with van der Waals surface area (Å²) in [6.07, 6.45) is 4.91. The molecule has 0 spiro atoms. The molecule has 1 aliphatic heterocycles. The number of hydrogen-bond donors (Lipinski definition) is 1. The molecule has 1 saturated carbocycles. The molecule has 2 aliphatic carbocycles. The number of allylic oxidation sites excluding steroid dienone is 2. The van der Waals surface area contributed by atoms with Crippen LogP contribution in [0.15, 0.2) is 54.6 Å². The second-order valence-corrected chi connectivity index (χ2v) is 9.01. The molecule has 0 unspecified atom stereocenters. The largest absolute Gasteiger partial charge is 0.452 e. The van der Waals surface area contributed by atoms with Crippen LogP contribution in [0.4, 0.5) is 11.4 Å². The minimum absolute atomic E-state index is 0.108. The monoisotopic (exact) mass is 464 g/mol. The van der Waals surface area contributed by atoms with E-state index in [1.165, 1.54) is 17.0 Å². The molecule has 1 N–H and O–H groups in total. The fourth-order valence-electron chi connectivity index (χ4n) is 5.07. The summed E-state index contributed by atoms with van der Waals surface area (Å²) in [5, 5.41) is 3.17. The van der Waals surface area contributed by atoms with Crippen LogP contribution in [0.2, 0.25) is 5.02 Å². The molecule has 2 fully saturated rings. The van der Waals surface area contributed by atoms with Crippen LogP contribution in [0, 0.1) is 30.6 Å². The summed E-state index contributed by atoms with van der Waals surface area (Å²) in [5.74, 6) is -2.09. The zero-order valence-electron chi connectivity index (χ0n) is 17.8. The van der Waals surface area contributed by atoms with Gasteiger partial charge in [0, 0.05) is 10.7 Å². The van der Waals surface area contributed by atoms with E-state index in [-0.39, 0.29) is 41.0 Å². The van der Waals surface area contributed by atoms with Gasteiger partial charge in [0.15, 0.2) is 6.61 Å². The van der Waals surface area contributed by atoms with Crippen molar-refractivity contribution in [1.29, 1.82) is 0 Å². The number of nitrogens with one attached hydrogen (secondary N) is 1. The van der Waals surface area contributed by atoms with Gasteiger partial charge in [-0.3, -0.25) is 14.4 Å². The summed E-state index contributed by atoms with van der Waals surface area (Å²) >= 11 is 6.05. The van der Waals surface area contributed by atoms with E-state index in [1.807, 2.05) is 12.2 Å². The number of hydrogen-bond acceptors (Lipinski definition) is 5. The molecule has 2 aromatic rings. The summed E-state index contributed by atoms with van der Waals surface area (Å²) < 4.78 is 5.14. The van der Waals surface area contributed by atoms with Gasteiger partial charge in [-0.05, 0) is 61.1 Å². The number of nitrogens with zero attached hydrogens (tertiary/aromatic N) is 1. The molecule has 168 valence electrons. The third kappa shape index (κ3) is 3.62. The number of esters is 1. The summed E-state index contributed by atoms with van der Waals surface area (Å²) in [4.78, 5) is 51.9. The number of imide groups is 1. The van der Waals surface area contributed by atoms with Gasteiger partial charge >= 0.3 is 5.97 Å². The molecule has 0 radical (unpaired) electrons. The Bertz CT molecular complexity index is 1190. The Balaban J connectivity index is 1.25. The van der Waals surface area contributed by atoms with Crippen LogP contribution in [-0.2, 0) is 19.1 Å². The smallest absolute Gasteiger partial charge is 0.338 e. The highest BCUT2D eigenvalue weighted by atomic mass is 35.5. The molecule has 0 aromatic heterocycles. The van der Waals surface area contributed by atoms with Crippen LogP contribution in [0.3, 0.4) is 0 Å². The maximum atomic E-state index is 13.0. The molecule has 7 nitrogen and oxygen atoms in total. The van der Waals surface area contributed by atoms with Gasteiger partial charge < -0.3 is 10.1 Å². The average molecular weight is 465 g/mol. The van der Waals surface area contributed by atoms with Crippen molar-refractivity contribution in [2.75, 3.05) is 16.8 Å². The van der Waals surface area contributed by atoms with Crippen molar-refractivity contribution in [3.8, 4) is 0 Å². The lowest BCUT2D eigenvalue weighted by Crippen LogP contribution is -2.33. The number of amides is 3. The van der Waals surface area contributed by atoms with Crippen molar-refractivity contribution in [3.05, 3.63) is 70.8 Å². The molecule has 33 heavy (non-hydrogen) atoms. The van der Waals surface area contributed by atoms with Crippen molar-refractivity contribution in [2.45, 2.75) is 13.3 Å². The van der Waals surface area contributed by atoms with Gasteiger partial charge in [0.25, 0.3) is 5.91 Å². The summed E-state index contributed by atoms with van der Waals surface area (Å²) in [6.45, 7) is 1.28. The maximum absolute atomic E-state index is 13.0. The first-order valence-corrected chi connectivity index (χ1v) is 11.1. The topological polar surface area (TPSA) is 92.8 Å². The number of benzene rings is 2. The highest BCUT2D eigenvalue weighted by Crippen LogP contribution is 2.53. The van der Waals surface area contributed by atoms with Gasteiger partial charge in [-0.25, -0.2) is 9.69 Å². The first-order chi connectivity index (χ1) is 15.8. The normalized spacial score (nSPS) is 24.8. The van der Waals surface area contributed by atoms with Gasteiger partial charge in [0.1, 0.15) is 0 Å². The van der Waals surface area contributed by atoms with Crippen LogP contribution >= 0.6 is 11.6 Å². The molecule has 1 saturated heterocycles. The van der Waals surface area contributed by atoms with Gasteiger partial charge in [0.2, 0.25) is 11.8 Å². The standard InChI is InChI=1S/C25H21ClN2O5/c1-13-18(26)6-3-7-19(13)27-20(29)12-33-25(32)16-4-2-5-17(11-16)28-23(30)21-14-8-9-15(10-14)22(21)24(28)31/h2-9,11,14-15,21-22H,10,12H2,1H3,(H,27,29)/t14-,15-,21+,22+/m0/s1. The summed E-state index contributed by atoms with van der Waals surface area (Å²) in [7, 11) is 0. The summed E-state index contributed by atoms with van der Waals surface area (Å²) in [5.41, 5.74) is 1.73. The molecule has 2 bridgehead atoms. The van der Waals surface area contributed by atoms with Crippen LogP contribution in [-0.4, -0.2) is 30.3 Å². The molecular formula is C25H21ClN2O5. The molecule has 3 amide bonds. The third-order valence-corrected chi connectivity index (χ3v) is 7.10. The molecule has 8 heteroatoms. The van der Waals surface area contributed by atoms with Crippen molar-refractivity contribution < 1.29 is 23.9 Å². The predicted octanol–water partition coefficient (Wildman–Crippen LogP) is 3.76. The third-order valence-electron chi connectivity index (χ3n) is 6.69. The number of halogens is 1. The van der Waals surface area contributed by atoms with Gasteiger partial charge in [-0.15, -0.1) is 0 Å². The number of fused-ring (bicyclic) bond motifs is 5. The van der Waals surface area contributed by atoms with E-state index in [1.54, 1.807) is 37.3 Å². The van der Waals surface area contributed by atoms with E-state index in [0.29, 0.717) is 22.0 Å². The van der Waals surface area contributed by atoms with Crippen LogP contribution in [0.1, 0.15) is 22.3 Å². The van der Waals surface area contributed by atoms with Gasteiger partial charge in [-0.1, -0.05) is 35.9 Å². The quantitative estimate of drug-likeness (QED) is 0.413. The van der Waals surface area contributed by atoms with Crippen molar-refractivity contribution in [2.24, 2.45) is 23.7 Å². The zero-order chi connectivity index (χ0) is 23.3. The van der Waals surface area contributed by atoms with Crippen molar-refractivity contribution in [1.82, 2.24) is 0 Å². The average Bonchev–Trinajstić information content (AvgIpc) is 3.49. The fraction of sp³-hybridized carbons (Fsp3) is 0.280. The Morgan fingerprint density at radius 1 is 1.06 bits per heavy atom. The molecule has 1 heterocycles. The molecular weight excluding hydrogens is 444 g/mol. The van der Waals surface area contributed by atoms with Crippen LogP contribution < -0.4 is 10.2 Å². The van der Waals surface area contributed by atoms with E-state index in [2.05, 4.69) is 5.32 Å². The van der Waals surface area contributed by atoms with E-state index in [0.717, 1.165) is 6.42 Å². The molecule has 4 atom stereocenters. The second-order valence-electron chi connectivity index (χ2n) is 8.60. The predicted molar refractivity (Wildman–Crippen MR) is 122 cm³/mol. The zero-order valence-corrected chi connectivity index (χ0v) is 18.5. The van der Waals surface area contributed by atoms with E-state index in [4.69, 9.17) is 16.3 Å². The first-order valence-electron chi connectivity index (χ1n) is 10.7. The Labute approximate surface area is 195 Å². The van der Waals surface area contributed by atoms with E-state index < -0.39 is 18.5 Å². The molecule has 2 aromatic carbocycles. The highest BCUT2D eigenvalue weighted by Gasteiger charge is 2.59. The Morgan fingerprint density at radius 2 is 1.73 bits per heavy atom. The second kappa shape index (κ2) is 8.15. The van der Waals surface area contributed by atoms with Crippen molar-refractivity contribution >= 4 is 46.7 Å². The van der Waals surface area contributed by atoms with Gasteiger partial charge in [0.05, 0.1) is 23.1 Å².